The number of aromatic nitrogens is 2. The molecular weight excluding hydrogens is 216 g/mol. The van der Waals surface area contributed by atoms with Crippen LogP contribution in [0.2, 0.25) is 0 Å². The minimum atomic E-state index is 0.230. The maximum Gasteiger partial charge on any atom is 0.136 e. The molecule has 0 aromatic carbocycles. The van der Waals surface area contributed by atoms with Crippen molar-refractivity contribution in [3.05, 3.63) is 11.9 Å². The van der Waals surface area contributed by atoms with Gasteiger partial charge in [0.15, 0.2) is 0 Å². The molecule has 5 nitrogen and oxygen atoms in total. The SMILES string of the molecule is CCN(C)c1ncnc(N[C@H](C)COC)c1C. The quantitative estimate of drug-likeness (QED) is 0.817. The van der Waals surface area contributed by atoms with E-state index in [0.29, 0.717) is 6.61 Å². The monoisotopic (exact) mass is 238 g/mol. The van der Waals surface area contributed by atoms with E-state index in [9.17, 15) is 0 Å². The Morgan fingerprint density at radius 2 is 2.18 bits per heavy atom. The number of anilines is 2. The topological polar surface area (TPSA) is 50.3 Å². The molecule has 1 rings (SSSR count). The molecule has 96 valence electrons. The summed E-state index contributed by atoms with van der Waals surface area (Å²) in [4.78, 5) is 10.7. The molecule has 1 aromatic heterocycles. The standard InChI is InChI=1S/C12H22N4O/c1-6-16(4)12-10(3)11(13-8-14-12)15-9(2)7-17-5/h8-9H,6-7H2,1-5H3,(H,13,14,15)/t9-/m1/s1. The lowest BCUT2D eigenvalue weighted by molar-refractivity contribution is 0.190. The minimum Gasteiger partial charge on any atom is -0.383 e. The zero-order valence-corrected chi connectivity index (χ0v) is 11.3. The zero-order chi connectivity index (χ0) is 12.8. The van der Waals surface area contributed by atoms with E-state index in [-0.39, 0.29) is 6.04 Å². The lowest BCUT2D eigenvalue weighted by Crippen LogP contribution is -2.24. The molecule has 0 saturated heterocycles. The van der Waals surface area contributed by atoms with E-state index >= 15 is 0 Å². The maximum atomic E-state index is 5.10. The lowest BCUT2D eigenvalue weighted by atomic mass is 10.2. The van der Waals surface area contributed by atoms with Gasteiger partial charge in [-0.15, -0.1) is 0 Å². The van der Waals surface area contributed by atoms with Crippen LogP contribution in [-0.2, 0) is 4.74 Å². The van der Waals surface area contributed by atoms with Gasteiger partial charge in [0.05, 0.1) is 6.61 Å². The zero-order valence-electron chi connectivity index (χ0n) is 11.3. The van der Waals surface area contributed by atoms with Gasteiger partial charge in [-0.25, -0.2) is 9.97 Å². The molecule has 0 spiro atoms. The first kappa shape index (κ1) is 13.7. The Morgan fingerprint density at radius 1 is 1.47 bits per heavy atom. The molecule has 0 radical (unpaired) electrons. The summed E-state index contributed by atoms with van der Waals surface area (Å²) >= 11 is 0. The Morgan fingerprint density at radius 3 is 2.76 bits per heavy atom. The van der Waals surface area contributed by atoms with Gasteiger partial charge in [-0.05, 0) is 20.8 Å². The largest absolute Gasteiger partial charge is 0.383 e. The van der Waals surface area contributed by atoms with Crippen molar-refractivity contribution in [2.75, 3.05) is 37.5 Å². The summed E-state index contributed by atoms with van der Waals surface area (Å²) in [5.74, 6) is 1.84. The first-order valence-electron chi connectivity index (χ1n) is 5.88. The summed E-state index contributed by atoms with van der Waals surface area (Å²) in [7, 11) is 3.72. The average molecular weight is 238 g/mol. The van der Waals surface area contributed by atoms with Gasteiger partial charge in [0, 0.05) is 32.3 Å². The smallest absolute Gasteiger partial charge is 0.136 e. The molecule has 5 heteroatoms. The third-order valence-electron chi connectivity index (χ3n) is 2.69. The molecule has 0 aliphatic carbocycles. The van der Waals surface area contributed by atoms with E-state index in [1.165, 1.54) is 0 Å². The Balaban J connectivity index is 2.86. The number of rotatable bonds is 6. The second-order valence-electron chi connectivity index (χ2n) is 4.19. The van der Waals surface area contributed by atoms with Crippen molar-refractivity contribution in [1.82, 2.24) is 9.97 Å². The van der Waals surface area contributed by atoms with Crippen LogP contribution < -0.4 is 10.2 Å². The van der Waals surface area contributed by atoms with E-state index in [1.54, 1.807) is 13.4 Å². The number of nitrogens with one attached hydrogen (secondary N) is 1. The van der Waals surface area contributed by atoms with Gasteiger partial charge >= 0.3 is 0 Å². The van der Waals surface area contributed by atoms with Gasteiger partial charge in [0.25, 0.3) is 0 Å². The van der Waals surface area contributed by atoms with E-state index in [0.717, 1.165) is 23.7 Å². The van der Waals surface area contributed by atoms with Crippen LogP contribution in [0.25, 0.3) is 0 Å². The second-order valence-corrected chi connectivity index (χ2v) is 4.19. The van der Waals surface area contributed by atoms with E-state index in [4.69, 9.17) is 4.74 Å². The Kier molecular flexibility index (Phi) is 5.15. The summed E-state index contributed by atoms with van der Waals surface area (Å²) < 4.78 is 5.10. The van der Waals surface area contributed by atoms with Crippen LogP contribution in [-0.4, -0.2) is 43.3 Å². The van der Waals surface area contributed by atoms with Crippen LogP contribution in [0.5, 0.6) is 0 Å². The van der Waals surface area contributed by atoms with E-state index in [2.05, 4.69) is 34.0 Å². The Bertz CT molecular complexity index is 356. The van der Waals surface area contributed by atoms with Crippen molar-refractivity contribution < 1.29 is 4.74 Å². The van der Waals surface area contributed by atoms with Crippen LogP contribution in [0.3, 0.4) is 0 Å². The van der Waals surface area contributed by atoms with Crippen molar-refractivity contribution in [3.8, 4) is 0 Å². The fourth-order valence-electron chi connectivity index (χ4n) is 1.65. The number of ether oxygens (including phenoxy) is 1. The molecule has 1 atom stereocenters. The Hall–Kier alpha value is -1.36. The van der Waals surface area contributed by atoms with E-state index < -0.39 is 0 Å². The fourth-order valence-corrected chi connectivity index (χ4v) is 1.65. The molecule has 0 unspecified atom stereocenters. The van der Waals surface area contributed by atoms with Crippen LogP contribution in [0.15, 0.2) is 6.33 Å². The highest BCUT2D eigenvalue weighted by Gasteiger charge is 2.11. The third-order valence-corrected chi connectivity index (χ3v) is 2.69. The number of methoxy groups -OCH3 is 1. The highest BCUT2D eigenvalue weighted by molar-refractivity contribution is 5.57. The molecule has 17 heavy (non-hydrogen) atoms. The number of hydrogen-bond donors (Lipinski definition) is 1. The molecular formula is C12H22N4O. The average Bonchev–Trinajstić information content (AvgIpc) is 2.31. The third kappa shape index (κ3) is 3.56. The fraction of sp³-hybridized carbons (Fsp3) is 0.667. The van der Waals surface area contributed by atoms with Gasteiger partial charge in [-0.3, -0.25) is 0 Å². The first-order chi connectivity index (χ1) is 8.10. The number of hydrogen-bond acceptors (Lipinski definition) is 5. The van der Waals surface area contributed by atoms with Gasteiger partial charge < -0.3 is 15.0 Å². The molecule has 0 aliphatic rings. The summed E-state index contributed by atoms with van der Waals surface area (Å²) in [6.07, 6.45) is 1.59. The van der Waals surface area contributed by atoms with E-state index in [1.807, 2.05) is 14.0 Å². The van der Waals surface area contributed by atoms with Crippen LogP contribution in [0, 0.1) is 6.92 Å². The molecule has 0 saturated carbocycles. The van der Waals surface area contributed by atoms with Crippen molar-refractivity contribution in [1.29, 1.82) is 0 Å². The molecule has 0 aliphatic heterocycles. The lowest BCUT2D eigenvalue weighted by Gasteiger charge is -2.21. The van der Waals surface area contributed by atoms with Crippen LogP contribution >= 0.6 is 0 Å². The molecule has 0 bridgehead atoms. The molecule has 1 heterocycles. The molecule has 0 amide bonds. The number of nitrogens with zero attached hydrogens (tertiary/aromatic N) is 3. The van der Waals surface area contributed by atoms with Crippen LogP contribution in [0.4, 0.5) is 11.6 Å². The Labute approximate surface area is 103 Å². The predicted octanol–water partition coefficient (Wildman–Crippen LogP) is 1.69. The summed E-state index contributed by atoms with van der Waals surface area (Å²) in [5, 5.41) is 3.33. The highest BCUT2D eigenvalue weighted by atomic mass is 16.5. The first-order valence-corrected chi connectivity index (χ1v) is 5.88. The normalized spacial score (nSPS) is 12.3. The highest BCUT2D eigenvalue weighted by Crippen LogP contribution is 2.21. The molecule has 1 aromatic rings. The van der Waals surface area contributed by atoms with Gasteiger partial charge in [-0.1, -0.05) is 0 Å². The van der Waals surface area contributed by atoms with Gasteiger partial charge in [-0.2, -0.15) is 0 Å². The second kappa shape index (κ2) is 6.39. The van der Waals surface area contributed by atoms with Crippen LogP contribution in [0.1, 0.15) is 19.4 Å². The van der Waals surface area contributed by atoms with Crippen molar-refractivity contribution in [3.63, 3.8) is 0 Å². The molecule has 1 N–H and O–H groups in total. The minimum absolute atomic E-state index is 0.230. The summed E-state index contributed by atoms with van der Waals surface area (Å²) in [5.41, 5.74) is 1.07. The summed E-state index contributed by atoms with van der Waals surface area (Å²) in [6.45, 7) is 7.77. The van der Waals surface area contributed by atoms with Crippen molar-refractivity contribution in [2.45, 2.75) is 26.8 Å². The van der Waals surface area contributed by atoms with Gasteiger partial charge in [0.2, 0.25) is 0 Å². The van der Waals surface area contributed by atoms with Gasteiger partial charge in [0.1, 0.15) is 18.0 Å². The molecule has 0 fully saturated rings. The van der Waals surface area contributed by atoms with Crippen molar-refractivity contribution in [2.24, 2.45) is 0 Å². The summed E-state index contributed by atoms with van der Waals surface area (Å²) in [6, 6.07) is 0.230. The maximum absolute atomic E-state index is 5.10. The predicted molar refractivity (Wildman–Crippen MR) is 70.7 cm³/mol. The van der Waals surface area contributed by atoms with Crippen molar-refractivity contribution >= 4 is 11.6 Å².